The predicted octanol–water partition coefficient (Wildman–Crippen LogP) is 1.69. The Kier molecular flexibility index (Phi) is 5.06. The average Bonchev–Trinajstić information content (AvgIpc) is 2.37. The Bertz CT molecular complexity index is 477. The molecule has 0 saturated heterocycles. The normalized spacial score (nSPS) is 12.8. The van der Waals surface area contributed by atoms with E-state index in [4.69, 9.17) is 5.11 Å². The molecule has 1 atom stereocenters. The molecule has 110 valence electrons. The van der Waals surface area contributed by atoms with Crippen LogP contribution in [0.1, 0.15) is 12.5 Å². The van der Waals surface area contributed by atoms with Crippen molar-refractivity contribution < 1.29 is 27.9 Å². The van der Waals surface area contributed by atoms with E-state index in [9.17, 15) is 22.8 Å². The van der Waals surface area contributed by atoms with Crippen molar-refractivity contribution in [1.82, 2.24) is 9.88 Å². The lowest BCUT2D eigenvalue weighted by molar-refractivity contribution is -0.187. The predicted molar refractivity (Wildman–Crippen MR) is 62.5 cm³/mol. The van der Waals surface area contributed by atoms with Gasteiger partial charge in [-0.2, -0.15) is 13.2 Å². The number of carbonyl (C=O) groups is 2. The fourth-order valence-electron chi connectivity index (χ4n) is 1.52. The van der Waals surface area contributed by atoms with Crippen LogP contribution in [0.15, 0.2) is 24.5 Å². The number of halogens is 3. The zero-order valence-corrected chi connectivity index (χ0v) is 10.6. The molecule has 1 unspecified atom stereocenters. The number of aliphatic carboxylic acids is 1. The minimum Gasteiger partial charge on any atom is -0.481 e. The van der Waals surface area contributed by atoms with Crippen molar-refractivity contribution in [1.29, 1.82) is 0 Å². The zero-order chi connectivity index (χ0) is 15.3. The van der Waals surface area contributed by atoms with Gasteiger partial charge in [-0.05, 0) is 11.6 Å². The Balaban J connectivity index is 2.90. The molecule has 1 amide bonds. The number of carboxylic acids is 1. The quantitative estimate of drug-likeness (QED) is 0.896. The lowest BCUT2D eigenvalue weighted by Crippen LogP contribution is -2.43. The van der Waals surface area contributed by atoms with Crippen LogP contribution in [-0.4, -0.2) is 39.6 Å². The van der Waals surface area contributed by atoms with E-state index in [0.717, 1.165) is 0 Å². The van der Waals surface area contributed by atoms with Crippen LogP contribution in [0.25, 0.3) is 0 Å². The number of pyridine rings is 1. The molecule has 0 fully saturated rings. The van der Waals surface area contributed by atoms with Crippen LogP contribution < -0.4 is 0 Å². The third kappa shape index (κ3) is 4.52. The molecule has 0 saturated carbocycles. The molecule has 1 N–H and O–H groups in total. The molecule has 8 heteroatoms. The van der Waals surface area contributed by atoms with Gasteiger partial charge in [-0.15, -0.1) is 0 Å². The first-order valence-electron chi connectivity index (χ1n) is 5.69. The minimum atomic E-state index is -5.04. The Hall–Kier alpha value is -2.12. The summed E-state index contributed by atoms with van der Waals surface area (Å²) in [6.45, 7) is 0.370. The lowest BCUT2D eigenvalue weighted by Gasteiger charge is -2.25. The third-order valence-electron chi connectivity index (χ3n) is 2.54. The van der Waals surface area contributed by atoms with E-state index in [1.807, 2.05) is 0 Å². The topological polar surface area (TPSA) is 70.5 Å². The van der Waals surface area contributed by atoms with E-state index >= 15 is 0 Å². The fraction of sp³-hybridized carbons (Fsp3) is 0.417. The second-order valence-electron chi connectivity index (χ2n) is 4.28. The summed E-state index contributed by atoms with van der Waals surface area (Å²) < 4.78 is 37.5. The maximum absolute atomic E-state index is 12.5. The van der Waals surface area contributed by atoms with Crippen molar-refractivity contribution in [2.75, 3.05) is 6.54 Å². The van der Waals surface area contributed by atoms with Crippen molar-refractivity contribution in [3.8, 4) is 0 Å². The number of hydrogen-bond donors (Lipinski definition) is 1. The van der Waals surface area contributed by atoms with E-state index in [-0.39, 0.29) is 6.54 Å². The van der Waals surface area contributed by atoms with E-state index in [1.54, 1.807) is 0 Å². The van der Waals surface area contributed by atoms with Gasteiger partial charge in [0.15, 0.2) is 0 Å². The van der Waals surface area contributed by atoms with E-state index in [1.165, 1.54) is 31.5 Å². The largest absolute Gasteiger partial charge is 0.481 e. The standard InChI is InChI=1S/C12H13F3N2O3/c1-8(10(18)19)6-17(11(20)12(13,14)15)7-9-3-2-4-16-5-9/h2-5,8H,6-7H2,1H3,(H,18,19). The number of rotatable bonds is 5. The summed E-state index contributed by atoms with van der Waals surface area (Å²) in [6, 6.07) is 3.03. The highest BCUT2D eigenvalue weighted by Crippen LogP contribution is 2.21. The van der Waals surface area contributed by atoms with Gasteiger partial charge in [-0.1, -0.05) is 13.0 Å². The molecule has 5 nitrogen and oxygen atoms in total. The SMILES string of the molecule is CC(CN(Cc1cccnc1)C(=O)C(F)(F)F)C(=O)O. The molecule has 0 aliphatic rings. The Morgan fingerprint density at radius 1 is 1.45 bits per heavy atom. The molecule has 0 radical (unpaired) electrons. The molecule has 1 rings (SSSR count). The Morgan fingerprint density at radius 2 is 2.10 bits per heavy atom. The summed E-state index contributed by atoms with van der Waals surface area (Å²) in [5.41, 5.74) is 0.391. The first-order valence-corrected chi connectivity index (χ1v) is 5.69. The molecule has 0 aliphatic heterocycles. The van der Waals surface area contributed by atoms with Crippen molar-refractivity contribution in [3.05, 3.63) is 30.1 Å². The van der Waals surface area contributed by atoms with Crippen LogP contribution in [0, 0.1) is 5.92 Å². The van der Waals surface area contributed by atoms with Crippen molar-refractivity contribution >= 4 is 11.9 Å². The van der Waals surface area contributed by atoms with Gasteiger partial charge in [0.25, 0.3) is 0 Å². The van der Waals surface area contributed by atoms with Crippen LogP contribution in [0.3, 0.4) is 0 Å². The molecule has 1 aromatic rings. The van der Waals surface area contributed by atoms with E-state index in [2.05, 4.69) is 4.98 Å². The zero-order valence-electron chi connectivity index (χ0n) is 10.6. The number of amides is 1. The first kappa shape index (κ1) is 15.9. The summed E-state index contributed by atoms with van der Waals surface area (Å²) in [6.07, 6.45) is -2.28. The first-order chi connectivity index (χ1) is 9.21. The lowest BCUT2D eigenvalue weighted by atomic mass is 10.1. The van der Waals surface area contributed by atoms with Gasteiger partial charge in [0.2, 0.25) is 0 Å². The highest BCUT2D eigenvalue weighted by atomic mass is 19.4. The Morgan fingerprint density at radius 3 is 2.55 bits per heavy atom. The minimum absolute atomic E-state index is 0.343. The third-order valence-corrected chi connectivity index (χ3v) is 2.54. The number of carboxylic acid groups (broad SMARTS) is 1. The number of carbonyl (C=O) groups excluding carboxylic acids is 1. The summed E-state index contributed by atoms with van der Waals surface area (Å²) in [7, 11) is 0. The summed E-state index contributed by atoms with van der Waals surface area (Å²) >= 11 is 0. The Labute approximate surface area is 113 Å². The molecular formula is C12H13F3N2O3. The molecular weight excluding hydrogens is 277 g/mol. The van der Waals surface area contributed by atoms with Crippen LogP contribution >= 0.6 is 0 Å². The van der Waals surface area contributed by atoms with E-state index < -0.39 is 30.5 Å². The highest BCUT2D eigenvalue weighted by Gasteiger charge is 2.43. The van der Waals surface area contributed by atoms with Crippen LogP contribution in [-0.2, 0) is 16.1 Å². The molecule has 20 heavy (non-hydrogen) atoms. The van der Waals surface area contributed by atoms with Crippen LogP contribution in [0.5, 0.6) is 0 Å². The molecule has 0 spiro atoms. The molecule has 0 bridgehead atoms. The summed E-state index contributed by atoms with van der Waals surface area (Å²) in [5, 5.41) is 8.75. The van der Waals surface area contributed by atoms with Gasteiger partial charge in [-0.25, -0.2) is 0 Å². The molecule has 1 heterocycles. The number of alkyl halides is 3. The second-order valence-corrected chi connectivity index (χ2v) is 4.28. The molecule has 0 aromatic carbocycles. The van der Waals surface area contributed by atoms with Gasteiger partial charge in [0.1, 0.15) is 0 Å². The number of nitrogens with zero attached hydrogens (tertiary/aromatic N) is 2. The van der Waals surface area contributed by atoms with Crippen molar-refractivity contribution in [2.45, 2.75) is 19.6 Å². The second kappa shape index (κ2) is 6.36. The summed E-state index contributed by atoms with van der Waals surface area (Å²) in [4.78, 5) is 26.2. The van der Waals surface area contributed by atoms with Gasteiger partial charge < -0.3 is 10.0 Å². The maximum Gasteiger partial charge on any atom is 0.471 e. The molecule has 1 aromatic heterocycles. The van der Waals surface area contributed by atoms with Crippen LogP contribution in [0.4, 0.5) is 13.2 Å². The van der Waals surface area contributed by atoms with Gasteiger partial charge in [-0.3, -0.25) is 14.6 Å². The van der Waals surface area contributed by atoms with Crippen LogP contribution in [0.2, 0.25) is 0 Å². The highest BCUT2D eigenvalue weighted by molar-refractivity contribution is 5.82. The van der Waals surface area contributed by atoms with E-state index in [0.29, 0.717) is 10.5 Å². The van der Waals surface area contributed by atoms with Crippen molar-refractivity contribution in [3.63, 3.8) is 0 Å². The van der Waals surface area contributed by atoms with Crippen molar-refractivity contribution in [2.24, 2.45) is 5.92 Å². The summed E-state index contributed by atoms with van der Waals surface area (Å²) in [5.74, 6) is -4.43. The number of aromatic nitrogens is 1. The van der Waals surface area contributed by atoms with Gasteiger partial charge >= 0.3 is 18.1 Å². The maximum atomic E-state index is 12.5. The van der Waals surface area contributed by atoms with Gasteiger partial charge in [0.05, 0.1) is 5.92 Å². The monoisotopic (exact) mass is 290 g/mol. The fourth-order valence-corrected chi connectivity index (χ4v) is 1.52. The number of hydrogen-bond acceptors (Lipinski definition) is 3. The average molecular weight is 290 g/mol. The smallest absolute Gasteiger partial charge is 0.471 e. The van der Waals surface area contributed by atoms with Gasteiger partial charge in [0, 0.05) is 25.5 Å². The molecule has 0 aliphatic carbocycles.